The van der Waals surface area contributed by atoms with Gasteiger partial charge in [0.1, 0.15) is 11.5 Å². The number of carbonyl (C=O) groups is 2. The summed E-state index contributed by atoms with van der Waals surface area (Å²) in [5, 5.41) is 6.06. The third kappa shape index (κ3) is 5.05. The number of benzene rings is 3. The van der Waals surface area contributed by atoms with Crippen LogP contribution in [-0.2, 0) is 4.79 Å². The Morgan fingerprint density at radius 2 is 1.34 bits per heavy atom. The zero-order valence-corrected chi connectivity index (χ0v) is 21.6. The number of hydrogen-bond acceptors (Lipinski definition) is 4. The molecule has 0 spiro atoms. The zero-order valence-electron chi connectivity index (χ0n) is 21.6. The van der Waals surface area contributed by atoms with E-state index in [2.05, 4.69) is 15.5 Å². The fourth-order valence-corrected chi connectivity index (χ4v) is 5.90. The number of nitrogens with one attached hydrogen (secondary N) is 2. The molecule has 0 atom stereocenters. The first-order chi connectivity index (χ1) is 18.7. The van der Waals surface area contributed by atoms with E-state index in [0.29, 0.717) is 13.1 Å². The molecule has 6 rings (SSSR count). The van der Waals surface area contributed by atoms with E-state index in [1.807, 2.05) is 77.7 Å². The molecule has 2 N–H and O–H groups in total. The summed E-state index contributed by atoms with van der Waals surface area (Å²) in [4.78, 5) is 30.5. The number of hydrogen-bond donors (Lipinski definition) is 2. The van der Waals surface area contributed by atoms with Gasteiger partial charge < -0.3 is 25.2 Å². The van der Waals surface area contributed by atoms with Gasteiger partial charge in [-0.15, -0.1) is 0 Å². The molecule has 3 aromatic rings. The van der Waals surface area contributed by atoms with E-state index < -0.39 is 0 Å². The average molecular weight is 511 g/mol. The number of anilines is 2. The second kappa shape index (κ2) is 10.8. The van der Waals surface area contributed by atoms with Crippen LogP contribution in [0.4, 0.5) is 16.2 Å². The SMILES string of the molecule is O=C(Nc1ccc(N2CCN(C(=O)C3c4ccccc4Oc4ccccc43)CC2)cc1)NC1CCCCC1. The van der Waals surface area contributed by atoms with Crippen molar-refractivity contribution in [1.82, 2.24) is 10.2 Å². The van der Waals surface area contributed by atoms with E-state index in [9.17, 15) is 9.59 Å². The van der Waals surface area contributed by atoms with Crippen molar-refractivity contribution in [1.29, 1.82) is 0 Å². The lowest BCUT2D eigenvalue weighted by Gasteiger charge is -2.38. The molecule has 7 heteroatoms. The summed E-state index contributed by atoms with van der Waals surface area (Å²) in [5.41, 5.74) is 3.73. The minimum atomic E-state index is -0.354. The number of ether oxygens (including phenoxy) is 1. The predicted octanol–water partition coefficient (Wildman–Crippen LogP) is 5.73. The molecular formula is C31H34N4O3. The molecule has 1 aliphatic carbocycles. The Morgan fingerprint density at radius 3 is 1.97 bits per heavy atom. The highest BCUT2D eigenvalue weighted by atomic mass is 16.5. The number of rotatable bonds is 4. The molecule has 3 aliphatic rings. The minimum Gasteiger partial charge on any atom is -0.457 e. The molecule has 0 aromatic heterocycles. The first kappa shape index (κ1) is 24.3. The molecular weight excluding hydrogens is 476 g/mol. The highest BCUT2D eigenvalue weighted by Crippen LogP contribution is 2.44. The Labute approximate surface area is 223 Å². The molecule has 0 bridgehead atoms. The lowest BCUT2D eigenvalue weighted by Crippen LogP contribution is -2.50. The standard InChI is InChI=1S/C31H34N4O3/c36-30(29-25-10-4-6-12-27(25)38-28-13-7-5-11-26(28)29)35-20-18-34(19-21-35)24-16-14-23(15-17-24)33-31(37)32-22-8-2-1-3-9-22/h4-7,10-17,22,29H,1-3,8-9,18-21H2,(H2,32,33,37). The van der Waals surface area contributed by atoms with Gasteiger partial charge in [-0.1, -0.05) is 55.7 Å². The number of carbonyl (C=O) groups excluding carboxylic acids is 2. The highest BCUT2D eigenvalue weighted by Gasteiger charge is 2.36. The molecule has 0 radical (unpaired) electrons. The van der Waals surface area contributed by atoms with Gasteiger partial charge in [-0.3, -0.25) is 4.79 Å². The van der Waals surface area contributed by atoms with Crippen LogP contribution in [0.5, 0.6) is 11.5 Å². The van der Waals surface area contributed by atoms with Gasteiger partial charge in [0.05, 0.1) is 5.92 Å². The van der Waals surface area contributed by atoms with Gasteiger partial charge in [-0.2, -0.15) is 0 Å². The Hall–Kier alpha value is -4.00. The van der Waals surface area contributed by atoms with Crippen molar-refractivity contribution in [2.45, 2.75) is 44.1 Å². The Morgan fingerprint density at radius 1 is 0.737 bits per heavy atom. The van der Waals surface area contributed by atoms with Crippen LogP contribution in [0.15, 0.2) is 72.8 Å². The summed E-state index contributed by atoms with van der Waals surface area (Å²) in [6.45, 7) is 2.83. The molecule has 7 nitrogen and oxygen atoms in total. The van der Waals surface area contributed by atoms with Gasteiger partial charge in [-0.05, 0) is 49.2 Å². The van der Waals surface area contributed by atoms with Crippen LogP contribution < -0.4 is 20.3 Å². The summed E-state index contributed by atoms with van der Waals surface area (Å²) in [7, 11) is 0. The van der Waals surface area contributed by atoms with Crippen LogP contribution in [0.25, 0.3) is 0 Å². The van der Waals surface area contributed by atoms with Crippen molar-refractivity contribution in [3.63, 3.8) is 0 Å². The molecule has 0 unspecified atom stereocenters. The topological polar surface area (TPSA) is 73.9 Å². The summed E-state index contributed by atoms with van der Waals surface area (Å²) in [6.07, 6.45) is 5.77. The molecule has 2 heterocycles. The van der Waals surface area contributed by atoms with E-state index in [1.165, 1.54) is 19.3 Å². The number of amides is 3. The maximum Gasteiger partial charge on any atom is 0.319 e. The fraction of sp³-hybridized carbons (Fsp3) is 0.355. The lowest BCUT2D eigenvalue weighted by atomic mass is 9.86. The minimum absolute atomic E-state index is 0.122. The van der Waals surface area contributed by atoms with Crippen molar-refractivity contribution >= 4 is 23.3 Å². The number of nitrogens with zero attached hydrogens (tertiary/aromatic N) is 2. The Kier molecular flexibility index (Phi) is 6.90. The Bertz CT molecular complexity index is 1250. The van der Waals surface area contributed by atoms with Gasteiger partial charge in [0.15, 0.2) is 0 Å². The zero-order chi connectivity index (χ0) is 25.9. The molecule has 1 saturated heterocycles. The number of para-hydroxylation sites is 2. The lowest BCUT2D eigenvalue weighted by molar-refractivity contribution is -0.132. The van der Waals surface area contributed by atoms with E-state index in [0.717, 1.165) is 59.9 Å². The number of piperazine rings is 1. The summed E-state index contributed by atoms with van der Waals surface area (Å²) in [6, 6.07) is 23.8. The van der Waals surface area contributed by atoms with Gasteiger partial charge in [0, 0.05) is 54.7 Å². The van der Waals surface area contributed by atoms with Crippen LogP contribution in [0.1, 0.15) is 49.1 Å². The van der Waals surface area contributed by atoms with Gasteiger partial charge in [0.2, 0.25) is 5.91 Å². The smallest absolute Gasteiger partial charge is 0.319 e. The maximum atomic E-state index is 13.8. The fourth-order valence-electron chi connectivity index (χ4n) is 5.90. The molecule has 3 aromatic carbocycles. The molecule has 2 aliphatic heterocycles. The van der Waals surface area contributed by atoms with Gasteiger partial charge in [-0.25, -0.2) is 4.79 Å². The van der Waals surface area contributed by atoms with Crippen LogP contribution in [-0.4, -0.2) is 49.1 Å². The van der Waals surface area contributed by atoms with E-state index >= 15 is 0 Å². The highest BCUT2D eigenvalue weighted by molar-refractivity contribution is 5.90. The third-order valence-electron chi connectivity index (χ3n) is 7.95. The predicted molar refractivity (Wildman–Crippen MR) is 149 cm³/mol. The van der Waals surface area contributed by atoms with E-state index in [4.69, 9.17) is 4.74 Å². The van der Waals surface area contributed by atoms with Crippen molar-refractivity contribution in [3.05, 3.63) is 83.9 Å². The van der Waals surface area contributed by atoms with Gasteiger partial charge in [0.25, 0.3) is 0 Å². The maximum absolute atomic E-state index is 13.8. The molecule has 1 saturated carbocycles. The second-order valence-corrected chi connectivity index (χ2v) is 10.4. The average Bonchev–Trinajstić information content (AvgIpc) is 2.96. The Balaban J connectivity index is 1.07. The molecule has 196 valence electrons. The van der Waals surface area contributed by atoms with Crippen LogP contribution in [0, 0.1) is 0 Å². The van der Waals surface area contributed by atoms with Crippen LogP contribution in [0.3, 0.4) is 0 Å². The van der Waals surface area contributed by atoms with Crippen LogP contribution >= 0.6 is 0 Å². The first-order valence-corrected chi connectivity index (χ1v) is 13.7. The van der Waals surface area contributed by atoms with Crippen molar-refractivity contribution in [2.24, 2.45) is 0 Å². The molecule has 38 heavy (non-hydrogen) atoms. The second-order valence-electron chi connectivity index (χ2n) is 10.4. The quantitative estimate of drug-likeness (QED) is 0.470. The third-order valence-corrected chi connectivity index (χ3v) is 7.95. The van der Waals surface area contributed by atoms with Crippen molar-refractivity contribution in [2.75, 3.05) is 36.4 Å². The van der Waals surface area contributed by atoms with E-state index in [1.54, 1.807) is 0 Å². The van der Waals surface area contributed by atoms with Crippen molar-refractivity contribution < 1.29 is 14.3 Å². The summed E-state index contributed by atoms with van der Waals surface area (Å²) >= 11 is 0. The summed E-state index contributed by atoms with van der Waals surface area (Å²) < 4.78 is 6.08. The largest absolute Gasteiger partial charge is 0.457 e. The first-order valence-electron chi connectivity index (χ1n) is 13.7. The van der Waals surface area contributed by atoms with E-state index in [-0.39, 0.29) is 23.9 Å². The number of fused-ring (bicyclic) bond motifs is 2. The normalized spacial score (nSPS) is 17.7. The summed E-state index contributed by atoms with van der Waals surface area (Å²) in [5.74, 6) is 1.28. The van der Waals surface area contributed by atoms with Crippen LogP contribution in [0.2, 0.25) is 0 Å². The molecule has 2 fully saturated rings. The molecule has 3 amide bonds. The van der Waals surface area contributed by atoms with Crippen molar-refractivity contribution in [3.8, 4) is 11.5 Å². The number of urea groups is 1. The monoisotopic (exact) mass is 510 g/mol. The van der Waals surface area contributed by atoms with Gasteiger partial charge >= 0.3 is 6.03 Å².